The molecule has 2 aromatic carbocycles. The molecule has 0 unspecified atom stereocenters. The summed E-state index contributed by atoms with van der Waals surface area (Å²) in [5, 5.41) is 21.3. The minimum Gasteiger partial charge on any atom is -0.506 e. The van der Waals surface area contributed by atoms with E-state index < -0.39 is 29.0 Å². The van der Waals surface area contributed by atoms with E-state index in [1.54, 1.807) is 19.1 Å². The first-order valence-corrected chi connectivity index (χ1v) is 8.25. The van der Waals surface area contributed by atoms with Crippen molar-refractivity contribution in [3.63, 3.8) is 0 Å². The number of hydrogen-bond donors (Lipinski definition) is 2. The third-order valence-electron chi connectivity index (χ3n) is 4.61. The molecule has 0 spiro atoms. The number of hydrogen-bond acceptors (Lipinski definition) is 7. The molecule has 7 nitrogen and oxygen atoms in total. The van der Waals surface area contributed by atoms with Gasteiger partial charge in [-0.15, -0.1) is 0 Å². The second-order valence-electron chi connectivity index (χ2n) is 6.11. The highest BCUT2D eigenvalue weighted by atomic mass is 16.5. The summed E-state index contributed by atoms with van der Waals surface area (Å²) in [7, 11) is 0. The van der Waals surface area contributed by atoms with Crippen molar-refractivity contribution in [2.24, 2.45) is 0 Å². The summed E-state index contributed by atoms with van der Waals surface area (Å²) >= 11 is 0. The average molecular weight is 366 g/mol. The lowest BCUT2D eigenvalue weighted by molar-refractivity contribution is 0.0526. The van der Waals surface area contributed by atoms with E-state index in [2.05, 4.69) is 0 Å². The minimum absolute atomic E-state index is 0.0907. The molecule has 1 aliphatic carbocycles. The number of ketones is 2. The number of carbonyl (C=O) groups excluding carboxylic acids is 3. The quantitative estimate of drug-likeness (QED) is 0.414. The Balaban J connectivity index is 2.12. The van der Waals surface area contributed by atoms with Crippen LogP contribution in [0.15, 0.2) is 28.7 Å². The Labute approximate surface area is 152 Å². The van der Waals surface area contributed by atoms with Crippen LogP contribution in [0.3, 0.4) is 0 Å². The molecule has 0 saturated carbocycles. The van der Waals surface area contributed by atoms with Crippen molar-refractivity contribution in [1.82, 2.24) is 0 Å². The van der Waals surface area contributed by atoms with Crippen LogP contribution in [-0.4, -0.2) is 34.4 Å². The summed E-state index contributed by atoms with van der Waals surface area (Å²) in [6.07, 6.45) is 0. The van der Waals surface area contributed by atoms with E-state index in [9.17, 15) is 24.6 Å². The molecule has 0 atom stereocenters. The fourth-order valence-corrected chi connectivity index (χ4v) is 3.45. The summed E-state index contributed by atoms with van der Waals surface area (Å²) < 4.78 is 10.4. The van der Waals surface area contributed by atoms with Crippen LogP contribution in [-0.2, 0) is 4.74 Å². The van der Waals surface area contributed by atoms with Gasteiger partial charge in [-0.05, 0) is 13.8 Å². The van der Waals surface area contributed by atoms with E-state index in [0.29, 0.717) is 0 Å². The highest BCUT2D eigenvalue weighted by molar-refractivity contribution is 6.32. The summed E-state index contributed by atoms with van der Waals surface area (Å²) in [5.74, 6) is -3.09. The molecular formula is C20H14O7. The first-order valence-electron chi connectivity index (χ1n) is 8.25. The molecule has 0 aliphatic heterocycles. The third kappa shape index (κ3) is 2.11. The second kappa shape index (κ2) is 5.70. The van der Waals surface area contributed by atoms with Gasteiger partial charge in [0.25, 0.3) is 0 Å². The highest BCUT2D eigenvalue weighted by Gasteiger charge is 2.39. The van der Waals surface area contributed by atoms with Crippen molar-refractivity contribution in [2.75, 3.05) is 6.61 Å². The van der Waals surface area contributed by atoms with Gasteiger partial charge in [0.2, 0.25) is 0 Å². The Hall–Kier alpha value is -3.61. The smallest absolute Gasteiger partial charge is 0.342 e. The maximum Gasteiger partial charge on any atom is 0.342 e. The minimum atomic E-state index is -0.765. The molecule has 0 saturated heterocycles. The molecule has 2 N–H and O–H groups in total. The highest BCUT2D eigenvalue weighted by Crippen LogP contribution is 2.47. The summed E-state index contributed by atoms with van der Waals surface area (Å²) in [4.78, 5) is 38.0. The number of aryl methyl sites for hydroxylation is 1. The van der Waals surface area contributed by atoms with E-state index in [0.717, 1.165) is 0 Å². The average Bonchev–Trinajstić information content (AvgIpc) is 3.00. The lowest BCUT2D eigenvalue weighted by Crippen LogP contribution is -2.21. The summed E-state index contributed by atoms with van der Waals surface area (Å²) in [6, 6.07) is 6.12. The van der Waals surface area contributed by atoms with E-state index in [-0.39, 0.29) is 51.2 Å². The Kier molecular flexibility index (Phi) is 3.56. The number of fused-ring (bicyclic) bond motifs is 3. The first-order chi connectivity index (χ1) is 12.9. The van der Waals surface area contributed by atoms with E-state index in [1.807, 2.05) is 0 Å². The van der Waals surface area contributed by atoms with Crippen molar-refractivity contribution < 1.29 is 33.8 Å². The summed E-state index contributed by atoms with van der Waals surface area (Å²) in [5.41, 5.74) is -0.795. The Morgan fingerprint density at radius 2 is 1.59 bits per heavy atom. The molecule has 0 fully saturated rings. The second-order valence-corrected chi connectivity index (χ2v) is 6.11. The molecule has 0 radical (unpaired) electrons. The van der Waals surface area contributed by atoms with Crippen LogP contribution >= 0.6 is 0 Å². The van der Waals surface area contributed by atoms with Gasteiger partial charge in [-0.25, -0.2) is 4.79 Å². The van der Waals surface area contributed by atoms with Gasteiger partial charge < -0.3 is 19.4 Å². The lowest BCUT2D eigenvalue weighted by atomic mass is 9.82. The molecule has 3 aromatic rings. The molecule has 1 heterocycles. The monoisotopic (exact) mass is 366 g/mol. The number of phenolic OH excluding ortho intramolecular Hbond substituents is 2. The van der Waals surface area contributed by atoms with Gasteiger partial charge in [0.15, 0.2) is 22.9 Å². The standard InChI is InChI=1S/C20H14O7/c1-3-26-20(25)11-8(2)27-19-14(11)17(23)12-13(18(19)24)16(22)10-7-5-4-6-9(10)15(12)21/h4-7,23-24H,3H2,1-2H3. The number of benzene rings is 2. The van der Waals surface area contributed by atoms with Gasteiger partial charge >= 0.3 is 5.97 Å². The predicted molar refractivity (Wildman–Crippen MR) is 93.5 cm³/mol. The van der Waals surface area contributed by atoms with Crippen LogP contribution in [0.2, 0.25) is 0 Å². The Morgan fingerprint density at radius 1 is 1.04 bits per heavy atom. The van der Waals surface area contributed by atoms with Crippen LogP contribution in [0, 0.1) is 6.92 Å². The predicted octanol–water partition coefficient (Wildman–Crippen LogP) is 3.10. The molecule has 0 bridgehead atoms. The fourth-order valence-electron chi connectivity index (χ4n) is 3.45. The molecule has 136 valence electrons. The zero-order valence-electron chi connectivity index (χ0n) is 14.5. The zero-order chi connectivity index (χ0) is 19.5. The number of phenols is 2. The van der Waals surface area contributed by atoms with Gasteiger partial charge in [0.1, 0.15) is 17.1 Å². The van der Waals surface area contributed by atoms with E-state index in [4.69, 9.17) is 9.15 Å². The van der Waals surface area contributed by atoms with Crippen LogP contribution in [0.25, 0.3) is 11.0 Å². The van der Waals surface area contributed by atoms with Crippen molar-refractivity contribution in [3.8, 4) is 11.5 Å². The van der Waals surface area contributed by atoms with Crippen molar-refractivity contribution >= 4 is 28.5 Å². The van der Waals surface area contributed by atoms with Crippen molar-refractivity contribution in [1.29, 1.82) is 0 Å². The normalized spacial score (nSPS) is 12.8. The van der Waals surface area contributed by atoms with Gasteiger partial charge in [-0.2, -0.15) is 0 Å². The maximum absolute atomic E-state index is 12.9. The number of carbonyl (C=O) groups is 3. The number of rotatable bonds is 2. The third-order valence-corrected chi connectivity index (χ3v) is 4.61. The van der Waals surface area contributed by atoms with Crippen LogP contribution in [0.1, 0.15) is 54.9 Å². The van der Waals surface area contributed by atoms with E-state index >= 15 is 0 Å². The molecule has 1 aliphatic rings. The first kappa shape index (κ1) is 16.8. The fraction of sp³-hybridized carbons (Fsp3) is 0.150. The Morgan fingerprint density at radius 3 is 2.15 bits per heavy atom. The molecule has 1 aromatic heterocycles. The van der Waals surface area contributed by atoms with Crippen LogP contribution in [0.5, 0.6) is 11.5 Å². The number of aromatic hydroxyl groups is 2. The zero-order valence-corrected chi connectivity index (χ0v) is 14.5. The molecule has 27 heavy (non-hydrogen) atoms. The van der Waals surface area contributed by atoms with Gasteiger partial charge in [-0.3, -0.25) is 9.59 Å². The summed E-state index contributed by atoms with van der Waals surface area (Å²) in [6.45, 7) is 3.17. The molecular weight excluding hydrogens is 352 g/mol. The molecule has 7 heteroatoms. The maximum atomic E-state index is 12.9. The van der Waals surface area contributed by atoms with Crippen LogP contribution in [0.4, 0.5) is 0 Å². The van der Waals surface area contributed by atoms with Crippen molar-refractivity contribution in [3.05, 3.63) is 57.8 Å². The molecule has 0 amide bonds. The number of esters is 1. The van der Waals surface area contributed by atoms with Gasteiger partial charge in [0, 0.05) is 11.1 Å². The largest absolute Gasteiger partial charge is 0.506 e. The number of ether oxygens (including phenoxy) is 1. The molecule has 4 rings (SSSR count). The van der Waals surface area contributed by atoms with Crippen LogP contribution < -0.4 is 0 Å². The van der Waals surface area contributed by atoms with Crippen molar-refractivity contribution in [2.45, 2.75) is 13.8 Å². The van der Waals surface area contributed by atoms with E-state index in [1.165, 1.54) is 19.1 Å². The Bertz CT molecular complexity index is 1170. The van der Waals surface area contributed by atoms with Gasteiger partial charge in [0.05, 0.1) is 23.1 Å². The topological polar surface area (TPSA) is 114 Å². The SMILES string of the molecule is CCOC(=O)c1c(C)oc2c(O)c3c(c(O)c12)C(=O)c1ccccc1C3=O. The number of furan rings is 1. The van der Waals surface area contributed by atoms with Gasteiger partial charge in [-0.1, -0.05) is 24.3 Å². The lowest BCUT2D eigenvalue weighted by Gasteiger charge is -2.19.